The molecule has 0 spiro atoms. The summed E-state index contributed by atoms with van der Waals surface area (Å²) in [5.74, 6) is -2.59. The Balaban J connectivity index is 2.14. The van der Waals surface area contributed by atoms with Crippen molar-refractivity contribution in [3.8, 4) is 5.75 Å². The third-order valence-electron chi connectivity index (χ3n) is 5.49. The molecule has 1 aromatic carbocycles. The number of methoxy groups -OCH3 is 1. The lowest BCUT2D eigenvalue weighted by molar-refractivity contribution is -0.152. The normalized spacial score (nSPS) is 31.4. The van der Waals surface area contributed by atoms with E-state index in [9.17, 15) is 19.5 Å². The predicted molar refractivity (Wildman–Crippen MR) is 88.6 cm³/mol. The zero-order valence-corrected chi connectivity index (χ0v) is 14.9. The summed E-state index contributed by atoms with van der Waals surface area (Å²) >= 11 is 0. The summed E-state index contributed by atoms with van der Waals surface area (Å²) in [5.41, 5.74) is 0.809. The first kappa shape index (κ1) is 17.4. The van der Waals surface area contributed by atoms with Crippen LogP contribution < -0.4 is 5.32 Å². The minimum atomic E-state index is -1.29. The maximum atomic E-state index is 12.7. The van der Waals surface area contributed by atoms with Crippen LogP contribution in [0.5, 0.6) is 5.75 Å². The molecule has 2 saturated heterocycles. The number of rotatable bonds is 2. The van der Waals surface area contributed by atoms with Gasteiger partial charge in [-0.2, -0.15) is 0 Å². The Kier molecular flexibility index (Phi) is 3.87. The van der Waals surface area contributed by atoms with Gasteiger partial charge < -0.3 is 9.84 Å². The summed E-state index contributed by atoms with van der Waals surface area (Å²) in [6.07, 6.45) is 0. The van der Waals surface area contributed by atoms with Crippen LogP contribution in [0.1, 0.15) is 29.7 Å². The van der Waals surface area contributed by atoms with Gasteiger partial charge in [0.25, 0.3) is 0 Å². The fourth-order valence-electron chi connectivity index (χ4n) is 4.14. The van der Waals surface area contributed by atoms with Crippen molar-refractivity contribution in [1.29, 1.82) is 0 Å². The molecular weight excluding hydrogens is 324 g/mol. The summed E-state index contributed by atoms with van der Waals surface area (Å²) in [6, 6.07) is 3.03. The van der Waals surface area contributed by atoms with E-state index in [4.69, 9.17) is 4.74 Å². The molecular formula is C18H22N2O5. The van der Waals surface area contributed by atoms with Crippen molar-refractivity contribution in [2.24, 2.45) is 11.8 Å². The zero-order chi connectivity index (χ0) is 18.7. The predicted octanol–water partition coefficient (Wildman–Crippen LogP) is 0.816. The average Bonchev–Trinajstić information content (AvgIpc) is 3.01. The van der Waals surface area contributed by atoms with Crippen molar-refractivity contribution < 1.29 is 24.2 Å². The van der Waals surface area contributed by atoms with Crippen LogP contribution in [-0.2, 0) is 19.1 Å². The van der Waals surface area contributed by atoms with E-state index in [0.717, 1.165) is 10.5 Å². The number of amides is 2. The molecule has 0 aliphatic carbocycles. The van der Waals surface area contributed by atoms with Crippen molar-refractivity contribution in [2.45, 2.75) is 32.4 Å². The molecule has 0 aromatic heterocycles. The van der Waals surface area contributed by atoms with Crippen molar-refractivity contribution >= 4 is 17.8 Å². The molecule has 4 atom stereocenters. The van der Waals surface area contributed by atoms with Crippen molar-refractivity contribution in [2.75, 3.05) is 14.2 Å². The van der Waals surface area contributed by atoms with E-state index in [1.807, 2.05) is 0 Å². The van der Waals surface area contributed by atoms with E-state index >= 15 is 0 Å². The van der Waals surface area contributed by atoms with Crippen LogP contribution >= 0.6 is 0 Å². The quantitative estimate of drug-likeness (QED) is 0.608. The van der Waals surface area contributed by atoms with Gasteiger partial charge >= 0.3 is 5.97 Å². The third-order valence-corrected chi connectivity index (χ3v) is 5.49. The van der Waals surface area contributed by atoms with Gasteiger partial charge in [-0.1, -0.05) is 12.1 Å². The summed E-state index contributed by atoms with van der Waals surface area (Å²) in [5, 5.41) is 13.2. The van der Waals surface area contributed by atoms with Crippen LogP contribution in [0.25, 0.3) is 0 Å². The summed E-state index contributed by atoms with van der Waals surface area (Å²) in [4.78, 5) is 38.8. The first-order chi connectivity index (χ1) is 11.6. The molecule has 7 heteroatoms. The number of nitrogens with zero attached hydrogens (tertiary/aromatic N) is 1. The molecule has 2 aliphatic rings. The Morgan fingerprint density at radius 3 is 2.32 bits per heavy atom. The Morgan fingerprint density at radius 1 is 1.24 bits per heavy atom. The summed E-state index contributed by atoms with van der Waals surface area (Å²) in [7, 11) is 2.70. The second kappa shape index (κ2) is 5.56. The largest absolute Gasteiger partial charge is 0.507 e. The smallest absolute Gasteiger partial charge is 0.326 e. The van der Waals surface area contributed by atoms with Crippen LogP contribution in [0.15, 0.2) is 12.1 Å². The minimum absolute atomic E-state index is 0.194. The Hall–Kier alpha value is -2.41. The number of aromatic hydroxyl groups is 1. The lowest BCUT2D eigenvalue weighted by Crippen LogP contribution is -2.53. The first-order valence-electron chi connectivity index (χ1n) is 8.11. The van der Waals surface area contributed by atoms with E-state index in [1.165, 1.54) is 14.2 Å². The number of aryl methyl sites for hydroxylation is 2. The van der Waals surface area contributed by atoms with Crippen molar-refractivity contribution in [3.63, 3.8) is 0 Å². The standard InChI is InChI=1S/C18H22N2O5/c1-8-6-10(7-9(2)14(8)21)13-11-12(16(23)20(4)15(11)22)18(3,19-13)17(24)25-5/h6-7,11-13,19,21H,1-5H3/t11-,12-,13-,18-/m0/s1. The van der Waals surface area contributed by atoms with Crippen LogP contribution in [0.2, 0.25) is 0 Å². The SMILES string of the molecule is COC(=O)[C@@]1(C)N[C@@H](c2cc(C)c(O)c(C)c2)[C@H]2C(=O)N(C)C(=O)[C@H]21. The van der Waals surface area contributed by atoms with Gasteiger partial charge in [0.05, 0.1) is 18.9 Å². The third kappa shape index (κ3) is 2.26. The molecule has 2 N–H and O–H groups in total. The number of esters is 1. The number of likely N-dealkylation sites (tertiary alicyclic amines) is 1. The van der Waals surface area contributed by atoms with Crippen LogP contribution in [0.4, 0.5) is 0 Å². The second-order valence-corrected chi connectivity index (χ2v) is 7.06. The van der Waals surface area contributed by atoms with Crippen molar-refractivity contribution in [1.82, 2.24) is 10.2 Å². The van der Waals surface area contributed by atoms with Gasteiger partial charge in [-0.3, -0.25) is 24.6 Å². The number of benzene rings is 1. The Bertz CT molecular complexity index is 767. The molecule has 2 amide bonds. The number of nitrogens with one attached hydrogen (secondary N) is 1. The summed E-state index contributed by atoms with van der Waals surface area (Å²) < 4.78 is 4.89. The van der Waals surface area contributed by atoms with Crippen LogP contribution in [0, 0.1) is 25.7 Å². The van der Waals surface area contributed by atoms with E-state index in [1.54, 1.807) is 32.9 Å². The topological polar surface area (TPSA) is 95.9 Å². The minimum Gasteiger partial charge on any atom is -0.507 e. The fourth-order valence-corrected chi connectivity index (χ4v) is 4.14. The fraction of sp³-hybridized carbons (Fsp3) is 0.500. The number of imide groups is 1. The van der Waals surface area contributed by atoms with E-state index in [-0.39, 0.29) is 17.6 Å². The van der Waals surface area contributed by atoms with Gasteiger partial charge in [0, 0.05) is 13.1 Å². The molecule has 2 heterocycles. The highest BCUT2D eigenvalue weighted by Crippen LogP contribution is 2.49. The number of hydrogen-bond donors (Lipinski definition) is 2. The van der Waals surface area contributed by atoms with Gasteiger partial charge in [0.15, 0.2) is 0 Å². The number of carbonyl (C=O) groups is 3. The van der Waals surface area contributed by atoms with E-state index in [0.29, 0.717) is 11.1 Å². The van der Waals surface area contributed by atoms with Crippen LogP contribution in [0.3, 0.4) is 0 Å². The number of ether oxygens (including phenoxy) is 1. The number of phenols is 1. The molecule has 1 aromatic rings. The average molecular weight is 346 g/mol. The van der Waals surface area contributed by atoms with Crippen molar-refractivity contribution in [3.05, 3.63) is 28.8 Å². The molecule has 0 bridgehead atoms. The molecule has 0 radical (unpaired) electrons. The molecule has 25 heavy (non-hydrogen) atoms. The molecule has 3 rings (SSSR count). The maximum Gasteiger partial charge on any atom is 0.326 e. The Morgan fingerprint density at radius 2 is 1.80 bits per heavy atom. The molecule has 134 valence electrons. The highest BCUT2D eigenvalue weighted by molar-refractivity contribution is 6.09. The van der Waals surface area contributed by atoms with Gasteiger partial charge in [0.1, 0.15) is 11.3 Å². The summed E-state index contributed by atoms with van der Waals surface area (Å²) in [6.45, 7) is 5.14. The van der Waals surface area contributed by atoms with Crippen LogP contribution in [-0.4, -0.2) is 47.5 Å². The van der Waals surface area contributed by atoms with Gasteiger partial charge in [-0.25, -0.2) is 0 Å². The molecule has 0 unspecified atom stereocenters. The van der Waals surface area contributed by atoms with Gasteiger partial charge in [-0.05, 0) is 37.5 Å². The lowest BCUT2D eigenvalue weighted by atomic mass is 9.80. The molecule has 2 aliphatic heterocycles. The highest BCUT2D eigenvalue weighted by Gasteiger charge is 2.66. The number of fused-ring (bicyclic) bond motifs is 1. The number of hydrogen-bond acceptors (Lipinski definition) is 6. The lowest BCUT2D eigenvalue weighted by Gasteiger charge is -2.28. The first-order valence-corrected chi connectivity index (χ1v) is 8.11. The molecule has 0 saturated carbocycles. The number of phenolic OH excluding ortho intramolecular Hbond substituents is 1. The van der Waals surface area contributed by atoms with Gasteiger partial charge in [0.2, 0.25) is 11.8 Å². The number of carbonyl (C=O) groups excluding carboxylic acids is 3. The zero-order valence-electron chi connectivity index (χ0n) is 14.9. The highest BCUT2D eigenvalue weighted by atomic mass is 16.5. The van der Waals surface area contributed by atoms with E-state index < -0.39 is 29.4 Å². The van der Waals surface area contributed by atoms with E-state index in [2.05, 4.69) is 5.32 Å². The molecule has 2 fully saturated rings. The monoisotopic (exact) mass is 346 g/mol. The molecule has 7 nitrogen and oxygen atoms in total. The Labute approximate surface area is 146 Å². The second-order valence-electron chi connectivity index (χ2n) is 7.06. The maximum absolute atomic E-state index is 12.7. The van der Waals surface area contributed by atoms with Gasteiger partial charge in [-0.15, -0.1) is 0 Å².